The van der Waals surface area contributed by atoms with Crippen LogP contribution in [0.3, 0.4) is 0 Å². The number of methoxy groups -OCH3 is 1. The molecule has 0 saturated heterocycles. The van der Waals surface area contributed by atoms with E-state index in [0.717, 1.165) is 6.08 Å². The van der Waals surface area contributed by atoms with Gasteiger partial charge in [-0.15, -0.1) is 0 Å². The highest BCUT2D eigenvalue weighted by Crippen LogP contribution is 2.31. The van der Waals surface area contributed by atoms with Crippen LogP contribution in [-0.2, 0) is 38.1 Å². The average Bonchev–Trinajstić information content (AvgIpc) is 2.81. The van der Waals surface area contributed by atoms with Crippen molar-refractivity contribution >= 4 is 24.1 Å². The van der Waals surface area contributed by atoms with E-state index in [-0.39, 0.29) is 49.2 Å². The van der Waals surface area contributed by atoms with Gasteiger partial charge >= 0.3 is 24.1 Å². The third-order valence-electron chi connectivity index (χ3n) is 5.93. The molecule has 0 aromatic heterocycles. The summed E-state index contributed by atoms with van der Waals surface area (Å²) in [4.78, 5) is 46.8. The first-order valence-electron chi connectivity index (χ1n) is 11.3. The molecule has 2 fully saturated rings. The Bertz CT molecular complexity index is 644. The Balaban J connectivity index is 1.55. The van der Waals surface area contributed by atoms with Gasteiger partial charge in [0.15, 0.2) is 0 Å². The second kappa shape index (κ2) is 13.8. The largest absolute Gasteiger partial charge is 0.508 e. The number of ether oxygens (including phenoxy) is 5. The maximum atomic E-state index is 12.5. The quantitative estimate of drug-likeness (QED) is 0.212. The summed E-state index contributed by atoms with van der Waals surface area (Å²) in [6.45, 7) is 3.74. The van der Waals surface area contributed by atoms with Crippen LogP contribution in [0.5, 0.6) is 0 Å². The minimum Gasteiger partial charge on any atom is -0.469 e. The number of unbranched alkanes of at least 4 members (excludes halogenated alkanes) is 1. The molecule has 2 aliphatic carbocycles. The summed E-state index contributed by atoms with van der Waals surface area (Å²) >= 11 is 0. The Hall–Kier alpha value is -2.58. The van der Waals surface area contributed by atoms with Crippen molar-refractivity contribution in [1.29, 1.82) is 0 Å². The van der Waals surface area contributed by atoms with E-state index in [0.29, 0.717) is 64.2 Å². The number of esters is 3. The zero-order valence-corrected chi connectivity index (χ0v) is 18.8. The van der Waals surface area contributed by atoms with E-state index in [9.17, 15) is 19.2 Å². The Morgan fingerprint density at radius 1 is 0.750 bits per heavy atom. The third kappa shape index (κ3) is 8.88. The van der Waals surface area contributed by atoms with E-state index in [1.807, 2.05) is 0 Å². The van der Waals surface area contributed by atoms with Crippen LogP contribution in [-0.4, -0.2) is 56.6 Å². The molecular formula is C23H34O9. The van der Waals surface area contributed by atoms with Gasteiger partial charge in [0.05, 0.1) is 32.2 Å². The molecule has 9 heteroatoms. The lowest BCUT2D eigenvalue weighted by atomic mass is 9.86. The highest BCUT2D eigenvalue weighted by atomic mass is 16.7. The van der Waals surface area contributed by atoms with Crippen molar-refractivity contribution in [2.75, 3.05) is 20.3 Å². The number of carbonyl (C=O) groups excluding carboxylic acids is 4. The third-order valence-corrected chi connectivity index (χ3v) is 5.93. The minimum atomic E-state index is -0.721. The van der Waals surface area contributed by atoms with Crippen molar-refractivity contribution in [3.63, 3.8) is 0 Å². The molecule has 0 bridgehead atoms. The van der Waals surface area contributed by atoms with Crippen LogP contribution in [0.1, 0.15) is 64.2 Å². The molecule has 32 heavy (non-hydrogen) atoms. The topological polar surface area (TPSA) is 114 Å². The molecule has 2 aliphatic rings. The molecule has 0 N–H and O–H groups in total. The molecular weight excluding hydrogens is 420 g/mol. The van der Waals surface area contributed by atoms with Crippen molar-refractivity contribution in [2.24, 2.45) is 11.8 Å². The number of carbonyl (C=O) groups is 4. The van der Waals surface area contributed by atoms with Gasteiger partial charge in [-0.05, 0) is 64.2 Å². The lowest BCUT2D eigenvalue weighted by molar-refractivity contribution is -0.159. The summed E-state index contributed by atoms with van der Waals surface area (Å²) < 4.78 is 25.6. The molecule has 9 nitrogen and oxygen atoms in total. The number of hydrogen-bond donors (Lipinski definition) is 0. The van der Waals surface area contributed by atoms with E-state index < -0.39 is 12.1 Å². The molecule has 0 amide bonds. The summed E-state index contributed by atoms with van der Waals surface area (Å²) in [6, 6.07) is 0. The standard InChI is InChI=1S/C23H34O9/c1-3-20(24)29-14-4-5-15-30-23(27)32-19-12-8-17(9-13-19)22(26)31-18-10-6-16(7-11-18)21(25)28-2/h3,16-19H,1,4-15H2,2H3. The minimum absolute atomic E-state index is 0.0999. The molecule has 0 aromatic rings. The predicted octanol–water partition coefficient (Wildman–Crippen LogP) is 3.48. The Morgan fingerprint density at radius 2 is 1.25 bits per heavy atom. The van der Waals surface area contributed by atoms with E-state index in [4.69, 9.17) is 23.7 Å². The number of hydrogen-bond acceptors (Lipinski definition) is 9. The Kier molecular flexibility index (Phi) is 11.0. The summed E-state index contributed by atoms with van der Waals surface area (Å²) in [5, 5.41) is 0. The average molecular weight is 455 g/mol. The molecule has 0 unspecified atom stereocenters. The van der Waals surface area contributed by atoms with Crippen LogP contribution < -0.4 is 0 Å². The predicted molar refractivity (Wildman–Crippen MR) is 112 cm³/mol. The van der Waals surface area contributed by atoms with Gasteiger partial charge in [-0.2, -0.15) is 0 Å². The van der Waals surface area contributed by atoms with Crippen LogP contribution in [0.2, 0.25) is 0 Å². The second-order valence-corrected chi connectivity index (χ2v) is 8.20. The smallest absolute Gasteiger partial charge is 0.469 e. The lowest BCUT2D eigenvalue weighted by Gasteiger charge is -2.30. The molecule has 2 rings (SSSR count). The first-order valence-corrected chi connectivity index (χ1v) is 11.3. The highest BCUT2D eigenvalue weighted by Gasteiger charge is 2.33. The lowest BCUT2D eigenvalue weighted by Crippen LogP contribution is -2.33. The summed E-state index contributed by atoms with van der Waals surface area (Å²) in [6.07, 6.45) is 6.16. The molecule has 0 radical (unpaired) electrons. The molecule has 2 saturated carbocycles. The number of rotatable bonds is 10. The van der Waals surface area contributed by atoms with Crippen LogP contribution in [0.15, 0.2) is 12.7 Å². The maximum Gasteiger partial charge on any atom is 0.508 e. The van der Waals surface area contributed by atoms with Gasteiger partial charge in [0.2, 0.25) is 0 Å². The van der Waals surface area contributed by atoms with Crippen LogP contribution in [0.25, 0.3) is 0 Å². The molecule has 0 atom stereocenters. The van der Waals surface area contributed by atoms with Crippen molar-refractivity contribution in [1.82, 2.24) is 0 Å². The van der Waals surface area contributed by atoms with Gasteiger partial charge in [-0.1, -0.05) is 6.58 Å². The van der Waals surface area contributed by atoms with E-state index in [1.165, 1.54) is 7.11 Å². The van der Waals surface area contributed by atoms with Crippen LogP contribution >= 0.6 is 0 Å². The first kappa shape index (κ1) is 25.7. The normalized spacial score (nSPS) is 25.2. The van der Waals surface area contributed by atoms with E-state index >= 15 is 0 Å². The second-order valence-electron chi connectivity index (χ2n) is 8.20. The van der Waals surface area contributed by atoms with Crippen molar-refractivity contribution in [2.45, 2.75) is 76.4 Å². The van der Waals surface area contributed by atoms with Gasteiger partial charge in [0.25, 0.3) is 0 Å². The molecule has 0 aromatic carbocycles. The summed E-state index contributed by atoms with van der Waals surface area (Å²) in [5.41, 5.74) is 0. The zero-order valence-electron chi connectivity index (χ0n) is 18.8. The van der Waals surface area contributed by atoms with Crippen LogP contribution in [0, 0.1) is 11.8 Å². The van der Waals surface area contributed by atoms with E-state index in [2.05, 4.69) is 6.58 Å². The molecule has 180 valence electrons. The van der Waals surface area contributed by atoms with Gasteiger partial charge in [0.1, 0.15) is 12.2 Å². The Labute approximate surface area is 188 Å². The van der Waals surface area contributed by atoms with Crippen LogP contribution in [0.4, 0.5) is 4.79 Å². The van der Waals surface area contributed by atoms with E-state index in [1.54, 1.807) is 0 Å². The molecule has 0 heterocycles. The summed E-state index contributed by atoms with van der Waals surface area (Å²) in [7, 11) is 1.39. The molecule has 0 spiro atoms. The van der Waals surface area contributed by atoms with Crippen molar-refractivity contribution < 1.29 is 42.9 Å². The summed E-state index contributed by atoms with van der Waals surface area (Å²) in [5.74, 6) is -1.17. The fourth-order valence-corrected chi connectivity index (χ4v) is 4.02. The highest BCUT2D eigenvalue weighted by molar-refractivity contribution is 5.81. The SMILES string of the molecule is C=CC(=O)OCCCCOC(=O)OC1CCC(C(=O)OC2CCC(C(=O)OC)CC2)CC1. The fraction of sp³-hybridized carbons (Fsp3) is 0.739. The maximum absolute atomic E-state index is 12.5. The monoisotopic (exact) mass is 454 g/mol. The van der Waals surface area contributed by atoms with Crippen molar-refractivity contribution in [3.05, 3.63) is 12.7 Å². The van der Waals surface area contributed by atoms with Gasteiger partial charge in [0, 0.05) is 6.08 Å². The molecule has 0 aliphatic heterocycles. The zero-order chi connectivity index (χ0) is 23.3. The fourth-order valence-electron chi connectivity index (χ4n) is 4.02. The van der Waals surface area contributed by atoms with Gasteiger partial charge in [-0.25, -0.2) is 9.59 Å². The van der Waals surface area contributed by atoms with Gasteiger partial charge in [-0.3, -0.25) is 9.59 Å². The Morgan fingerprint density at radius 3 is 1.78 bits per heavy atom. The van der Waals surface area contributed by atoms with Crippen molar-refractivity contribution in [3.8, 4) is 0 Å². The first-order chi connectivity index (χ1) is 15.4. The van der Waals surface area contributed by atoms with Gasteiger partial charge < -0.3 is 23.7 Å².